The molecular formula is C14H18NO+. The van der Waals surface area contributed by atoms with Crippen LogP contribution in [0.15, 0.2) is 36.5 Å². The minimum atomic E-state index is 0.0497. The molecule has 2 heteroatoms. The summed E-state index contributed by atoms with van der Waals surface area (Å²) in [6.07, 6.45) is 2.06. The zero-order chi connectivity index (χ0) is 11.8. The summed E-state index contributed by atoms with van der Waals surface area (Å²) in [5.74, 6) is 0.897. The van der Waals surface area contributed by atoms with E-state index in [-0.39, 0.29) is 5.54 Å². The van der Waals surface area contributed by atoms with E-state index in [9.17, 15) is 0 Å². The molecule has 0 aliphatic carbocycles. The molecule has 16 heavy (non-hydrogen) atoms. The number of aromatic nitrogens is 1. The predicted octanol–water partition coefficient (Wildman–Crippen LogP) is 2.89. The molecule has 0 bridgehead atoms. The van der Waals surface area contributed by atoms with E-state index in [1.165, 1.54) is 10.9 Å². The van der Waals surface area contributed by atoms with Gasteiger partial charge in [-0.05, 0) is 6.07 Å². The number of methoxy groups -OCH3 is 1. The van der Waals surface area contributed by atoms with Crippen molar-refractivity contribution in [1.29, 1.82) is 0 Å². The van der Waals surface area contributed by atoms with Gasteiger partial charge in [-0.2, -0.15) is 4.57 Å². The molecule has 1 heterocycles. The molecule has 0 fully saturated rings. The van der Waals surface area contributed by atoms with Crippen LogP contribution < -0.4 is 9.30 Å². The fourth-order valence-corrected chi connectivity index (χ4v) is 1.88. The number of pyridine rings is 1. The van der Waals surface area contributed by atoms with Crippen molar-refractivity contribution in [1.82, 2.24) is 0 Å². The molecule has 0 aliphatic rings. The van der Waals surface area contributed by atoms with Gasteiger partial charge in [-0.3, -0.25) is 0 Å². The van der Waals surface area contributed by atoms with Crippen molar-refractivity contribution in [2.75, 3.05) is 7.11 Å². The topological polar surface area (TPSA) is 13.1 Å². The first-order chi connectivity index (χ1) is 7.52. The fraction of sp³-hybridized carbons (Fsp3) is 0.357. The third-order valence-corrected chi connectivity index (χ3v) is 2.71. The Morgan fingerprint density at radius 2 is 1.81 bits per heavy atom. The highest BCUT2D eigenvalue weighted by Gasteiger charge is 2.25. The van der Waals surface area contributed by atoms with Crippen LogP contribution in [0.1, 0.15) is 20.8 Å². The van der Waals surface area contributed by atoms with Gasteiger partial charge in [-0.1, -0.05) is 12.1 Å². The first kappa shape index (κ1) is 10.9. The first-order valence-electron chi connectivity index (χ1n) is 5.51. The number of nitrogens with zero attached hydrogens (tertiary/aromatic N) is 1. The molecule has 0 aliphatic heterocycles. The molecule has 0 saturated heterocycles. The second-order valence-corrected chi connectivity index (χ2v) is 4.98. The van der Waals surface area contributed by atoms with Gasteiger partial charge in [-0.15, -0.1) is 0 Å². The van der Waals surface area contributed by atoms with E-state index in [0.29, 0.717) is 0 Å². The second-order valence-electron chi connectivity index (χ2n) is 4.98. The van der Waals surface area contributed by atoms with Crippen LogP contribution >= 0.6 is 0 Å². The first-order valence-corrected chi connectivity index (χ1v) is 5.51. The van der Waals surface area contributed by atoms with Crippen molar-refractivity contribution in [2.24, 2.45) is 0 Å². The molecule has 0 saturated carbocycles. The van der Waals surface area contributed by atoms with Crippen LogP contribution in [0.4, 0.5) is 0 Å². The Hall–Kier alpha value is -1.57. The summed E-state index contributed by atoms with van der Waals surface area (Å²) in [6.45, 7) is 6.58. The zero-order valence-electron chi connectivity index (χ0n) is 10.3. The van der Waals surface area contributed by atoms with Gasteiger partial charge in [-0.25, -0.2) is 0 Å². The summed E-state index contributed by atoms with van der Waals surface area (Å²) in [5, 5.41) is 1.21. The lowest BCUT2D eigenvalue weighted by Gasteiger charge is -2.16. The van der Waals surface area contributed by atoms with E-state index in [4.69, 9.17) is 4.74 Å². The van der Waals surface area contributed by atoms with E-state index in [1.807, 2.05) is 0 Å². The Kier molecular flexibility index (Phi) is 2.58. The lowest BCUT2D eigenvalue weighted by molar-refractivity contribution is -0.730. The molecule has 1 aromatic carbocycles. The minimum absolute atomic E-state index is 0.0497. The second kappa shape index (κ2) is 3.78. The molecule has 0 amide bonds. The summed E-state index contributed by atoms with van der Waals surface area (Å²) in [6, 6.07) is 10.4. The highest BCUT2D eigenvalue weighted by molar-refractivity contribution is 5.76. The van der Waals surface area contributed by atoms with Gasteiger partial charge in [0.25, 0.3) is 0 Å². The average Bonchev–Trinajstić information content (AvgIpc) is 2.26. The summed E-state index contributed by atoms with van der Waals surface area (Å²) in [5.41, 5.74) is 1.28. The van der Waals surface area contributed by atoms with Gasteiger partial charge in [0.05, 0.1) is 12.5 Å². The largest absolute Gasteiger partial charge is 0.491 e. The summed E-state index contributed by atoms with van der Waals surface area (Å²) in [7, 11) is 1.71. The van der Waals surface area contributed by atoms with Crippen LogP contribution in [-0.2, 0) is 5.54 Å². The van der Waals surface area contributed by atoms with Crippen molar-refractivity contribution < 1.29 is 9.30 Å². The highest BCUT2D eigenvalue weighted by atomic mass is 16.5. The summed E-state index contributed by atoms with van der Waals surface area (Å²) in [4.78, 5) is 0. The molecule has 0 N–H and O–H groups in total. The van der Waals surface area contributed by atoms with Gasteiger partial charge in [0.1, 0.15) is 0 Å². The van der Waals surface area contributed by atoms with Gasteiger partial charge in [0, 0.05) is 32.9 Å². The van der Waals surface area contributed by atoms with Crippen LogP contribution in [0, 0.1) is 0 Å². The Balaban J connectivity index is 2.79. The Bertz CT molecular complexity index is 512. The van der Waals surface area contributed by atoms with E-state index >= 15 is 0 Å². The molecular weight excluding hydrogens is 198 g/mol. The Morgan fingerprint density at radius 1 is 1.12 bits per heavy atom. The normalized spacial score (nSPS) is 11.8. The van der Waals surface area contributed by atoms with Crippen LogP contribution in [0.2, 0.25) is 0 Å². The van der Waals surface area contributed by atoms with Gasteiger partial charge >= 0.3 is 0 Å². The van der Waals surface area contributed by atoms with Gasteiger partial charge in [0.2, 0.25) is 11.7 Å². The number of para-hydroxylation sites is 1. The minimum Gasteiger partial charge on any atom is -0.491 e. The number of benzene rings is 1. The van der Waals surface area contributed by atoms with Crippen LogP contribution in [-0.4, -0.2) is 7.11 Å². The van der Waals surface area contributed by atoms with Crippen molar-refractivity contribution >= 4 is 10.9 Å². The molecule has 2 nitrogen and oxygen atoms in total. The van der Waals surface area contributed by atoms with Crippen LogP contribution in [0.5, 0.6) is 5.75 Å². The quantitative estimate of drug-likeness (QED) is 0.668. The molecule has 0 spiro atoms. The number of hydrogen-bond acceptors (Lipinski definition) is 1. The monoisotopic (exact) mass is 216 g/mol. The van der Waals surface area contributed by atoms with E-state index in [2.05, 4.69) is 61.9 Å². The van der Waals surface area contributed by atoms with Crippen LogP contribution in [0.3, 0.4) is 0 Å². The smallest absolute Gasteiger partial charge is 0.213 e. The maximum absolute atomic E-state index is 5.34. The molecule has 2 aromatic rings. The fourth-order valence-electron chi connectivity index (χ4n) is 1.88. The molecule has 2 rings (SSSR count). The standard InChI is InChI=1S/C14H18NO/c1-14(2,3)15-10-12(16-4)9-11-7-5-6-8-13(11)15/h5-10H,1-4H3/q+1. The predicted molar refractivity (Wildman–Crippen MR) is 65.7 cm³/mol. The van der Waals surface area contributed by atoms with Gasteiger partial charge in [0.15, 0.2) is 11.3 Å². The third kappa shape index (κ3) is 1.87. The SMILES string of the molecule is COc1cc2ccccc2[n+](C(C)(C)C)c1. The average molecular weight is 216 g/mol. The molecule has 0 radical (unpaired) electrons. The van der Waals surface area contributed by atoms with Gasteiger partial charge < -0.3 is 4.74 Å². The van der Waals surface area contributed by atoms with E-state index < -0.39 is 0 Å². The zero-order valence-corrected chi connectivity index (χ0v) is 10.3. The maximum atomic E-state index is 5.34. The highest BCUT2D eigenvalue weighted by Crippen LogP contribution is 2.19. The molecule has 1 aromatic heterocycles. The van der Waals surface area contributed by atoms with E-state index in [0.717, 1.165) is 5.75 Å². The lowest BCUT2D eigenvalue weighted by Crippen LogP contribution is -2.50. The lowest BCUT2D eigenvalue weighted by atomic mass is 10.1. The number of ether oxygens (including phenoxy) is 1. The van der Waals surface area contributed by atoms with Crippen molar-refractivity contribution in [3.63, 3.8) is 0 Å². The van der Waals surface area contributed by atoms with Crippen molar-refractivity contribution in [3.8, 4) is 5.75 Å². The molecule has 84 valence electrons. The Morgan fingerprint density at radius 3 is 2.44 bits per heavy atom. The molecule has 0 atom stereocenters. The number of fused-ring (bicyclic) bond motifs is 1. The Labute approximate surface area is 96.5 Å². The number of hydrogen-bond donors (Lipinski definition) is 0. The third-order valence-electron chi connectivity index (χ3n) is 2.71. The number of rotatable bonds is 1. The summed E-state index contributed by atoms with van der Waals surface area (Å²) < 4.78 is 7.59. The maximum Gasteiger partial charge on any atom is 0.213 e. The molecule has 0 unspecified atom stereocenters. The van der Waals surface area contributed by atoms with Crippen molar-refractivity contribution in [3.05, 3.63) is 36.5 Å². The van der Waals surface area contributed by atoms with Crippen LogP contribution in [0.25, 0.3) is 10.9 Å². The summed E-state index contributed by atoms with van der Waals surface area (Å²) >= 11 is 0. The van der Waals surface area contributed by atoms with E-state index in [1.54, 1.807) is 7.11 Å². The van der Waals surface area contributed by atoms with Crippen molar-refractivity contribution in [2.45, 2.75) is 26.3 Å².